The first-order valence-corrected chi connectivity index (χ1v) is 10.4. The number of amides is 2. The number of rotatable bonds is 5. The highest BCUT2D eigenvalue weighted by Gasteiger charge is 2.29. The van der Waals surface area contributed by atoms with Gasteiger partial charge in [0, 0.05) is 24.7 Å². The van der Waals surface area contributed by atoms with Gasteiger partial charge >= 0.3 is 0 Å². The topological polar surface area (TPSA) is 87.3 Å². The van der Waals surface area contributed by atoms with Crippen molar-refractivity contribution >= 4 is 29.0 Å². The Morgan fingerprint density at radius 1 is 1.28 bits per heavy atom. The minimum Gasteiger partial charge on any atom is -0.496 e. The zero-order chi connectivity index (χ0) is 20.2. The summed E-state index contributed by atoms with van der Waals surface area (Å²) in [6.07, 6.45) is 1.56. The van der Waals surface area contributed by atoms with Crippen LogP contribution < -0.4 is 10.1 Å². The molecule has 0 spiro atoms. The van der Waals surface area contributed by atoms with E-state index in [4.69, 9.17) is 4.74 Å². The lowest BCUT2D eigenvalue weighted by Crippen LogP contribution is -2.43. The van der Waals surface area contributed by atoms with E-state index in [0.29, 0.717) is 23.8 Å². The molecule has 29 heavy (non-hydrogen) atoms. The summed E-state index contributed by atoms with van der Waals surface area (Å²) < 4.78 is 5.38. The number of carbonyl (C=O) groups excluding carboxylic acids is 2. The van der Waals surface area contributed by atoms with Crippen molar-refractivity contribution in [3.8, 4) is 17.0 Å². The maximum absolute atomic E-state index is 12.8. The molecule has 150 valence electrons. The molecule has 8 heteroatoms. The third kappa shape index (κ3) is 4.17. The number of para-hydroxylation sites is 1. The van der Waals surface area contributed by atoms with Crippen LogP contribution in [-0.2, 0) is 4.79 Å². The second-order valence-electron chi connectivity index (χ2n) is 6.92. The SMILES string of the molecule is COc1ccccc1-c1cc(NC(=O)C2CCCN(C(=O)c3cccs3)C2)n[nH]1. The number of anilines is 1. The summed E-state index contributed by atoms with van der Waals surface area (Å²) in [5.74, 6) is 0.809. The van der Waals surface area contributed by atoms with Gasteiger partial charge in [-0.2, -0.15) is 5.10 Å². The molecule has 3 aromatic rings. The van der Waals surface area contributed by atoms with Crippen molar-refractivity contribution in [2.45, 2.75) is 12.8 Å². The zero-order valence-corrected chi connectivity index (χ0v) is 16.9. The number of benzene rings is 1. The van der Waals surface area contributed by atoms with E-state index in [1.807, 2.05) is 41.8 Å². The maximum Gasteiger partial charge on any atom is 0.263 e. The molecule has 7 nitrogen and oxygen atoms in total. The first-order chi connectivity index (χ1) is 14.2. The van der Waals surface area contributed by atoms with Crippen molar-refractivity contribution in [3.05, 3.63) is 52.7 Å². The van der Waals surface area contributed by atoms with Gasteiger partial charge in [-0.15, -0.1) is 11.3 Å². The predicted molar refractivity (Wildman–Crippen MR) is 112 cm³/mol. The van der Waals surface area contributed by atoms with Crippen LogP contribution in [0.4, 0.5) is 5.82 Å². The van der Waals surface area contributed by atoms with Gasteiger partial charge < -0.3 is 15.0 Å². The first-order valence-electron chi connectivity index (χ1n) is 9.48. The summed E-state index contributed by atoms with van der Waals surface area (Å²) in [5.41, 5.74) is 1.63. The van der Waals surface area contributed by atoms with E-state index in [1.165, 1.54) is 11.3 Å². The maximum atomic E-state index is 12.8. The van der Waals surface area contributed by atoms with E-state index >= 15 is 0 Å². The molecule has 1 aromatic carbocycles. The van der Waals surface area contributed by atoms with Gasteiger partial charge in [0.05, 0.1) is 23.6 Å². The number of carbonyl (C=O) groups is 2. The van der Waals surface area contributed by atoms with E-state index in [-0.39, 0.29) is 17.7 Å². The van der Waals surface area contributed by atoms with Crippen molar-refractivity contribution < 1.29 is 14.3 Å². The number of methoxy groups -OCH3 is 1. The van der Waals surface area contributed by atoms with Gasteiger partial charge in [0.1, 0.15) is 5.75 Å². The highest BCUT2D eigenvalue weighted by atomic mass is 32.1. The lowest BCUT2D eigenvalue weighted by atomic mass is 9.97. The minimum absolute atomic E-state index is 0.00396. The Bertz CT molecular complexity index is 999. The number of nitrogens with zero attached hydrogens (tertiary/aromatic N) is 2. The Morgan fingerprint density at radius 2 is 2.14 bits per heavy atom. The summed E-state index contributed by atoms with van der Waals surface area (Å²) in [6, 6.07) is 13.1. The molecule has 2 amide bonds. The highest BCUT2D eigenvalue weighted by molar-refractivity contribution is 7.12. The zero-order valence-electron chi connectivity index (χ0n) is 16.1. The number of H-pyrrole nitrogens is 1. The van der Waals surface area contributed by atoms with Crippen LogP contribution >= 0.6 is 11.3 Å². The normalized spacial score (nSPS) is 16.4. The molecule has 0 bridgehead atoms. The molecule has 4 rings (SSSR count). The Hall–Kier alpha value is -3.13. The quantitative estimate of drug-likeness (QED) is 0.672. The van der Waals surface area contributed by atoms with Crippen LogP contribution in [0.3, 0.4) is 0 Å². The third-order valence-electron chi connectivity index (χ3n) is 5.04. The van der Waals surface area contributed by atoms with Crippen LogP contribution in [0.5, 0.6) is 5.75 Å². The fourth-order valence-corrected chi connectivity index (χ4v) is 4.24. The van der Waals surface area contributed by atoms with Crippen molar-refractivity contribution in [1.82, 2.24) is 15.1 Å². The van der Waals surface area contributed by atoms with E-state index in [9.17, 15) is 9.59 Å². The number of likely N-dealkylation sites (tertiary alicyclic amines) is 1. The lowest BCUT2D eigenvalue weighted by molar-refractivity contribution is -0.121. The number of hydrogen-bond donors (Lipinski definition) is 2. The summed E-state index contributed by atoms with van der Waals surface area (Å²) in [7, 11) is 1.62. The number of ether oxygens (including phenoxy) is 1. The summed E-state index contributed by atoms with van der Waals surface area (Å²) in [4.78, 5) is 27.8. The van der Waals surface area contributed by atoms with Crippen molar-refractivity contribution in [2.75, 3.05) is 25.5 Å². The van der Waals surface area contributed by atoms with Gasteiger partial charge in [-0.05, 0) is 36.4 Å². The fourth-order valence-electron chi connectivity index (χ4n) is 3.55. The molecular weight excluding hydrogens is 388 g/mol. The highest BCUT2D eigenvalue weighted by Crippen LogP contribution is 2.29. The van der Waals surface area contributed by atoms with Crippen LogP contribution in [0.25, 0.3) is 11.3 Å². The smallest absolute Gasteiger partial charge is 0.263 e. The van der Waals surface area contributed by atoms with E-state index < -0.39 is 0 Å². The molecule has 2 aromatic heterocycles. The van der Waals surface area contributed by atoms with Crippen LogP contribution in [0.2, 0.25) is 0 Å². The molecule has 1 unspecified atom stereocenters. The van der Waals surface area contributed by atoms with E-state index in [1.54, 1.807) is 18.1 Å². The molecule has 1 fully saturated rings. The molecule has 2 N–H and O–H groups in total. The predicted octanol–water partition coefficient (Wildman–Crippen LogP) is 3.64. The second kappa shape index (κ2) is 8.48. The number of aromatic amines is 1. The van der Waals surface area contributed by atoms with Crippen LogP contribution in [0.1, 0.15) is 22.5 Å². The van der Waals surface area contributed by atoms with Gasteiger partial charge in [-0.3, -0.25) is 14.7 Å². The number of piperidine rings is 1. The van der Waals surface area contributed by atoms with Crippen LogP contribution in [0.15, 0.2) is 47.8 Å². The average molecular weight is 410 g/mol. The van der Waals surface area contributed by atoms with Gasteiger partial charge in [0.15, 0.2) is 5.82 Å². The van der Waals surface area contributed by atoms with E-state index in [0.717, 1.165) is 29.8 Å². The molecule has 3 heterocycles. The molecule has 1 atom stereocenters. The van der Waals surface area contributed by atoms with Gasteiger partial charge in [-0.25, -0.2) is 0 Å². The Kier molecular flexibility index (Phi) is 5.62. The fraction of sp³-hybridized carbons (Fsp3) is 0.286. The molecule has 0 radical (unpaired) electrons. The van der Waals surface area contributed by atoms with Crippen LogP contribution in [-0.4, -0.2) is 47.1 Å². The molecule has 1 aliphatic heterocycles. The van der Waals surface area contributed by atoms with Gasteiger partial charge in [-0.1, -0.05) is 18.2 Å². The summed E-state index contributed by atoms with van der Waals surface area (Å²) in [5, 5.41) is 11.9. The summed E-state index contributed by atoms with van der Waals surface area (Å²) >= 11 is 1.42. The molecule has 1 saturated heterocycles. The largest absolute Gasteiger partial charge is 0.496 e. The number of aromatic nitrogens is 2. The minimum atomic E-state index is -0.251. The Labute approximate surface area is 172 Å². The second-order valence-corrected chi connectivity index (χ2v) is 7.87. The van der Waals surface area contributed by atoms with Crippen molar-refractivity contribution in [2.24, 2.45) is 5.92 Å². The average Bonchev–Trinajstić information content (AvgIpc) is 3.45. The van der Waals surface area contributed by atoms with Crippen LogP contribution in [0, 0.1) is 5.92 Å². The monoisotopic (exact) mass is 410 g/mol. The number of hydrogen-bond acceptors (Lipinski definition) is 5. The standard InChI is InChI=1S/C21H22N4O3S/c1-28-17-8-3-2-7-15(17)16-12-19(24-23-16)22-20(26)14-6-4-10-25(13-14)21(27)18-9-5-11-29-18/h2-3,5,7-9,11-12,14H,4,6,10,13H2,1H3,(H2,22,23,24,26). The molecule has 0 aliphatic carbocycles. The number of thiophene rings is 1. The molecule has 1 aliphatic rings. The first kappa shape index (κ1) is 19.2. The Morgan fingerprint density at radius 3 is 2.93 bits per heavy atom. The molecular formula is C21H22N4O3S. The van der Waals surface area contributed by atoms with Gasteiger partial charge in [0.25, 0.3) is 5.91 Å². The van der Waals surface area contributed by atoms with Crippen molar-refractivity contribution in [3.63, 3.8) is 0 Å². The van der Waals surface area contributed by atoms with Crippen molar-refractivity contribution in [1.29, 1.82) is 0 Å². The van der Waals surface area contributed by atoms with Gasteiger partial charge in [0.2, 0.25) is 5.91 Å². The van der Waals surface area contributed by atoms with E-state index in [2.05, 4.69) is 15.5 Å². The summed E-state index contributed by atoms with van der Waals surface area (Å²) in [6.45, 7) is 1.10. The third-order valence-corrected chi connectivity index (χ3v) is 5.90. The Balaban J connectivity index is 1.42. The number of nitrogens with one attached hydrogen (secondary N) is 2. The lowest BCUT2D eigenvalue weighted by Gasteiger charge is -2.31. The molecule has 0 saturated carbocycles.